The second-order valence-electron chi connectivity index (χ2n) is 10.8. The fraction of sp³-hybridized carbons (Fsp3) is 0.286. The maximum Gasteiger partial charge on any atom is 0.255 e. The number of nitrogens with zero attached hydrogens (tertiary/aromatic N) is 2. The number of Topliss-reactive ketones (excluding diaryl/α,β-unsaturated/α-hetero) is 2. The molecule has 1 fully saturated rings. The number of likely N-dealkylation sites (N-methyl/N-ethyl adjacent to an activating group) is 1. The van der Waals surface area contributed by atoms with E-state index in [1.807, 2.05) is 0 Å². The molecule has 1 unspecified atom stereocenters. The monoisotopic (exact) mass is 560 g/mol. The number of aliphatic hydroxyl groups excluding tert-OH is 3. The number of hydrogen-bond donors (Lipinski definition) is 8. The van der Waals surface area contributed by atoms with E-state index in [0.29, 0.717) is 5.56 Å². The smallest absolute Gasteiger partial charge is 0.255 e. The van der Waals surface area contributed by atoms with Gasteiger partial charge in [-0.1, -0.05) is 42.5 Å². The first-order chi connectivity index (χ1) is 19.1. The Bertz CT molecular complexity index is 1660. The predicted molar refractivity (Wildman–Crippen MR) is 144 cm³/mol. The zero-order chi connectivity index (χ0) is 30.4. The van der Waals surface area contributed by atoms with Crippen LogP contribution >= 0.6 is 0 Å². The lowest BCUT2D eigenvalue weighted by Crippen LogP contribution is -2.87. The van der Waals surface area contributed by atoms with Crippen LogP contribution in [0.25, 0.3) is 16.9 Å². The fourth-order valence-electron chi connectivity index (χ4n) is 6.73. The number of primary amides is 1. The number of aromatic hydroxyl groups is 1. The molecule has 12 N–H and O–H groups in total. The molecule has 3 aliphatic rings. The minimum atomic E-state index is -3.03. The maximum atomic E-state index is 14.5. The van der Waals surface area contributed by atoms with Crippen LogP contribution in [0.3, 0.4) is 0 Å². The average Bonchev–Trinajstić information content (AvgIpc) is 2.91. The lowest BCUT2D eigenvalue weighted by molar-refractivity contribution is -0.153. The molecule has 1 amide bonds. The van der Waals surface area contributed by atoms with E-state index >= 15 is 0 Å². The van der Waals surface area contributed by atoms with E-state index in [9.17, 15) is 40.1 Å². The molecule has 0 bridgehead atoms. The Morgan fingerprint density at radius 2 is 1.66 bits per heavy atom. The van der Waals surface area contributed by atoms with E-state index < -0.39 is 80.6 Å². The molecule has 0 heterocycles. The molecular weight excluding hydrogens is 532 g/mol. The van der Waals surface area contributed by atoms with E-state index in [4.69, 9.17) is 22.9 Å². The number of phenolic OH excluding ortho intramolecular Hbond substituents is 1. The number of nitrogens with two attached hydrogens (primary N) is 4. The first-order valence-corrected chi connectivity index (χ1v) is 12.4. The Hall–Kier alpha value is -4.58. The topological polar surface area (TPSA) is 263 Å². The maximum absolute atomic E-state index is 14.5. The molecule has 5 rings (SSSR count). The van der Waals surface area contributed by atoms with Crippen molar-refractivity contribution in [1.29, 1.82) is 5.26 Å². The van der Waals surface area contributed by atoms with Crippen molar-refractivity contribution in [2.75, 3.05) is 14.1 Å². The summed E-state index contributed by atoms with van der Waals surface area (Å²) in [7, 11) is 2.67. The number of hydrogen-bond acceptors (Lipinski definition) is 12. The molecule has 0 aromatic heterocycles. The third-order valence-corrected chi connectivity index (χ3v) is 8.64. The minimum absolute atomic E-state index is 0.0342. The number of amides is 1. The molecule has 0 saturated heterocycles. The summed E-state index contributed by atoms with van der Waals surface area (Å²) in [6, 6.07) is 9.85. The molecule has 0 aliphatic heterocycles. The average molecular weight is 561 g/mol. The predicted octanol–water partition coefficient (Wildman–Crippen LogP) is -0.999. The summed E-state index contributed by atoms with van der Waals surface area (Å²) in [5.74, 6) is -6.81. The van der Waals surface area contributed by atoms with Gasteiger partial charge in [-0.25, -0.2) is 0 Å². The molecule has 2 aromatic carbocycles. The Labute approximate surface area is 233 Å². The van der Waals surface area contributed by atoms with Gasteiger partial charge >= 0.3 is 0 Å². The largest absolute Gasteiger partial charge is 0.509 e. The highest BCUT2D eigenvalue weighted by Crippen LogP contribution is 2.60. The van der Waals surface area contributed by atoms with E-state index in [0.717, 1.165) is 4.90 Å². The van der Waals surface area contributed by atoms with Crippen molar-refractivity contribution in [2.45, 2.75) is 29.3 Å². The van der Waals surface area contributed by atoms with Gasteiger partial charge in [0.25, 0.3) is 5.91 Å². The highest BCUT2D eigenvalue weighted by atomic mass is 16.3. The van der Waals surface area contributed by atoms with E-state index in [2.05, 4.69) is 0 Å². The van der Waals surface area contributed by atoms with Crippen molar-refractivity contribution in [2.24, 2.45) is 28.3 Å². The summed E-state index contributed by atoms with van der Waals surface area (Å²) < 4.78 is 0. The highest BCUT2D eigenvalue weighted by molar-refractivity contribution is 6.26. The van der Waals surface area contributed by atoms with Crippen LogP contribution in [-0.2, 0) is 14.4 Å². The van der Waals surface area contributed by atoms with Gasteiger partial charge in [0, 0.05) is 5.56 Å². The van der Waals surface area contributed by atoms with E-state index in [1.54, 1.807) is 36.4 Å². The van der Waals surface area contributed by atoms with Gasteiger partial charge in [-0.3, -0.25) is 19.3 Å². The molecule has 41 heavy (non-hydrogen) atoms. The quantitative estimate of drug-likeness (QED) is 0.210. The third kappa shape index (κ3) is 3.02. The number of rotatable bonds is 3. The first kappa shape index (κ1) is 28.0. The normalized spacial score (nSPS) is 32.8. The second kappa shape index (κ2) is 8.71. The molecule has 13 nitrogen and oxygen atoms in total. The van der Waals surface area contributed by atoms with Gasteiger partial charge in [0.15, 0.2) is 17.0 Å². The summed E-state index contributed by atoms with van der Waals surface area (Å²) in [5.41, 5.74) is 15.8. The summed E-state index contributed by atoms with van der Waals surface area (Å²) in [5, 5.41) is 56.6. The van der Waals surface area contributed by atoms with E-state index in [1.165, 1.54) is 26.2 Å². The lowest BCUT2D eigenvalue weighted by atomic mass is 9.45. The van der Waals surface area contributed by atoms with Gasteiger partial charge in [0.1, 0.15) is 34.5 Å². The number of phenols is 1. The molecule has 212 valence electrons. The van der Waals surface area contributed by atoms with Crippen LogP contribution in [0.5, 0.6) is 5.75 Å². The van der Waals surface area contributed by atoms with Gasteiger partial charge in [0.2, 0.25) is 0 Å². The van der Waals surface area contributed by atoms with Crippen LogP contribution in [0.15, 0.2) is 59.4 Å². The summed E-state index contributed by atoms with van der Waals surface area (Å²) in [6.07, 6.45) is -2.27. The molecule has 0 radical (unpaired) electrons. The van der Waals surface area contributed by atoms with Crippen LogP contribution in [0.4, 0.5) is 0 Å². The molecule has 6 atom stereocenters. The third-order valence-electron chi connectivity index (χ3n) is 8.64. The van der Waals surface area contributed by atoms with Gasteiger partial charge < -0.3 is 43.4 Å². The number of fused-ring (bicyclic) bond motifs is 3. The molecule has 13 heteroatoms. The number of nitriles is 1. The van der Waals surface area contributed by atoms with Crippen molar-refractivity contribution >= 4 is 23.2 Å². The Kier molecular flexibility index (Phi) is 5.94. The number of benzene rings is 2. The van der Waals surface area contributed by atoms with Crippen molar-refractivity contribution in [3.05, 3.63) is 70.5 Å². The van der Waals surface area contributed by atoms with Gasteiger partial charge in [-0.15, -0.1) is 0 Å². The molecule has 2 aromatic rings. The number of carbonyl (C=O) groups excluding carboxylic acids is 3. The second-order valence-corrected chi connectivity index (χ2v) is 10.8. The van der Waals surface area contributed by atoms with Gasteiger partial charge in [-0.05, 0) is 25.2 Å². The summed E-state index contributed by atoms with van der Waals surface area (Å²) in [4.78, 5) is 41.4. The zero-order valence-electron chi connectivity index (χ0n) is 22.0. The summed E-state index contributed by atoms with van der Waals surface area (Å²) >= 11 is 0. The first-order valence-electron chi connectivity index (χ1n) is 12.4. The molecule has 0 spiro atoms. The van der Waals surface area contributed by atoms with E-state index in [-0.39, 0.29) is 16.7 Å². The van der Waals surface area contributed by atoms with Crippen LogP contribution in [0.1, 0.15) is 17.2 Å². The Morgan fingerprint density at radius 1 is 1.05 bits per heavy atom. The van der Waals surface area contributed by atoms with Crippen molar-refractivity contribution in [3.63, 3.8) is 0 Å². The van der Waals surface area contributed by atoms with Gasteiger partial charge in [-0.2, -0.15) is 5.26 Å². The van der Waals surface area contributed by atoms with Crippen LogP contribution in [0, 0.1) is 16.7 Å². The van der Waals surface area contributed by atoms with Crippen molar-refractivity contribution in [3.8, 4) is 22.9 Å². The zero-order valence-corrected chi connectivity index (χ0v) is 22.0. The Morgan fingerprint density at radius 3 is 2.20 bits per heavy atom. The van der Waals surface area contributed by atoms with Crippen molar-refractivity contribution < 1.29 is 34.8 Å². The lowest BCUT2D eigenvalue weighted by Gasteiger charge is -2.62. The highest BCUT2D eigenvalue weighted by Gasteiger charge is 2.79. The molecular formula is C28H28N6O7. The summed E-state index contributed by atoms with van der Waals surface area (Å²) in [6.45, 7) is 0. The fourth-order valence-corrected chi connectivity index (χ4v) is 6.73. The van der Waals surface area contributed by atoms with Crippen LogP contribution in [-0.4, -0.2) is 80.1 Å². The molecule has 3 aliphatic carbocycles. The van der Waals surface area contributed by atoms with Crippen LogP contribution < -0.4 is 22.9 Å². The number of aliphatic hydroxyl groups is 3. The number of ketones is 2. The van der Waals surface area contributed by atoms with Gasteiger partial charge in [0.05, 0.1) is 34.8 Å². The molecule has 1 saturated carbocycles. The number of carbonyl (C=O) groups is 3. The van der Waals surface area contributed by atoms with Crippen molar-refractivity contribution in [1.82, 2.24) is 4.90 Å². The minimum Gasteiger partial charge on any atom is -0.509 e. The van der Waals surface area contributed by atoms with Crippen LogP contribution in [0.2, 0.25) is 0 Å². The Balaban J connectivity index is 1.91. The standard InChI is InChI=1S/C28H28N6O7/c1-34(2)21-19(37)15(24(31)40)22(38)26(10-29)23(39)16-18(36)14-13(20(30)27(16,32)25(41)28(21,26)33)9-8-12(17(14)35)11-6-4-3-5-7-11/h3-9,20-21,25,35-36,38,41H,30,32-33H2,1-2H3,(H2,31,40)/t20?,21-,25+,26+,27-,28+/m1/s1. The SMILES string of the molecule is CN(C)[C@@H]1C(=O)C(C(N)=O)=C(O)[C@@]2(C#N)C(=O)C3=C(O)c4c(ccc(-c5ccccc5)c4O)C(N)[C@@]3(N)[C@H](O)[C@@]12N.